The highest BCUT2D eigenvalue weighted by molar-refractivity contribution is 6.44. The standard InChI is InChI=1S/C19H17N3O3/c1-12-7-6-10-15(11-12)20-18(23)19(24)21-16-13(2)22-25-17(16)14-8-4-3-5-9-14/h3-11H,1-2H3,(H,20,23)(H,21,24). The molecule has 0 radical (unpaired) electrons. The van der Waals surface area contributed by atoms with Gasteiger partial charge in [-0.25, -0.2) is 0 Å². The minimum Gasteiger partial charge on any atom is -0.354 e. The van der Waals surface area contributed by atoms with Gasteiger partial charge in [-0.3, -0.25) is 9.59 Å². The van der Waals surface area contributed by atoms with Crippen molar-refractivity contribution in [3.63, 3.8) is 0 Å². The monoisotopic (exact) mass is 335 g/mol. The van der Waals surface area contributed by atoms with E-state index in [0.29, 0.717) is 22.8 Å². The Kier molecular flexibility index (Phi) is 4.61. The number of carbonyl (C=O) groups is 2. The molecule has 6 heteroatoms. The van der Waals surface area contributed by atoms with Crippen LogP contribution in [0.4, 0.5) is 11.4 Å². The molecular weight excluding hydrogens is 318 g/mol. The zero-order valence-corrected chi connectivity index (χ0v) is 13.9. The molecule has 0 saturated heterocycles. The first-order valence-corrected chi connectivity index (χ1v) is 7.75. The highest BCUT2D eigenvalue weighted by Gasteiger charge is 2.21. The Labute approximate surface area is 144 Å². The van der Waals surface area contributed by atoms with Crippen molar-refractivity contribution < 1.29 is 14.1 Å². The molecule has 0 aliphatic carbocycles. The van der Waals surface area contributed by atoms with E-state index in [2.05, 4.69) is 15.8 Å². The topological polar surface area (TPSA) is 84.2 Å². The van der Waals surface area contributed by atoms with Crippen molar-refractivity contribution in [2.45, 2.75) is 13.8 Å². The normalized spacial score (nSPS) is 10.3. The summed E-state index contributed by atoms with van der Waals surface area (Å²) in [5, 5.41) is 9.04. The molecule has 2 amide bonds. The summed E-state index contributed by atoms with van der Waals surface area (Å²) >= 11 is 0. The average Bonchev–Trinajstić information content (AvgIpc) is 2.96. The van der Waals surface area contributed by atoms with Gasteiger partial charge in [-0.1, -0.05) is 47.6 Å². The fraction of sp³-hybridized carbons (Fsp3) is 0.105. The first-order valence-electron chi connectivity index (χ1n) is 7.75. The van der Waals surface area contributed by atoms with Gasteiger partial charge >= 0.3 is 11.8 Å². The third-order valence-corrected chi connectivity index (χ3v) is 3.62. The van der Waals surface area contributed by atoms with Crippen LogP contribution in [-0.4, -0.2) is 17.0 Å². The summed E-state index contributed by atoms with van der Waals surface area (Å²) < 4.78 is 5.30. The van der Waals surface area contributed by atoms with Gasteiger partial charge in [-0.2, -0.15) is 0 Å². The van der Waals surface area contributed by atoms with Crippen molar-refractivity contribution >= 4 is 23.2 Å². The Morgan fingerprint density at radius 2 is 1.64 bits per heavy atom. The molecular formula is C19H17N3O3. The lowest BCUT2D eigenvalue weighted by Gasteiger charge is -2.07. The molecule has 126 valence electrons. The Hall–Kier alpha value is -3.41. The number of benzene rings is 2. The SMILES string of the molecule is Cc1cccc(NC(=O)C(=O)Nc2c(C)noc2-c2ccccc2)c1. The predicted octanol–water partition coefficient (Wildman–Crippen LogP) is 3.54. The minimum atomic E-state index is -0.787. The molecule has 25 heavy (non-hydrogen) atoms. The van der Waals surface area contributed by atoms with Crippen molar-refractivity contribution in [3.8, 4) is 11.3 Å². The first kappa shape index (κ1) is 16.4. The zero-order valence-electron chi connectivity index (χ0n) is 13.9. The van der Waals surface area contributed by atoms with Crippen LogP contribution in [0, 0.1) is 13.8 Å². The van der Waals surface area contributed by atoms with E-state index >= 15 is 0 Å². The van der Waals surface area contributed by atoms with Crippen LogP contribution in [0.25, 0.3) is 11.3 Å². The average molecular weight is 335 g/mol. The van der Waals surface area contributed by atoms with Crippen molar-refractivity contribution in [1.29, 1.82) is 0 Å². The number of aromatic nitrogens is 1. The van der Waals surface area contributed by atoms with Gasteiger partial charge in [0, 0.05) is 11.3 Å². The third-order valence-electron chi connectivity index (χ3n) is 3.62. The summed E-state index contributed by atoms with van der Waals surface area (Å²) in [5.41, 5.74) is 3.19. The van der Waals surface area contributed by atoms with E-state index in [1.54, 1.807) is 25.1 Å². The number of aryl methyl sites for hydroxylation is 2. The van der Waals surface area contributed by atoms with Gasteiger partial charge in [0.25, 0.3) is 0 Å². The second kappa shape index (κ2) is 7.00. The Morgan fingerprint density at radius 1 is 0.920 bits per heavy atom. The molecule has 0 atom stereocenters. The Morgan fingerprint density at radius 3 is 2.36 bits per heavy atom. The van der Waals surface area contributed by atoms with Gasteiger partial charge < -0.3 is 15.2 Å². The van der Waals surface area contributed by atoms with Crippen molar-refractivity contribution in [3.05, 3.63) is 65.9 Å². The summed E-state index contributed by atoms with van der Waals surface area (Å²) in [5.74, 6) is -1.13. The maximum absolute atomic E-state index is 12.2. The van der Waals surface area contributed by atoms with Crippen molar-refractivity contribution in [2.24, 2.45) is 0 Å². The van der Waals surface area contributed by atoms with Gasteiger partial charge in [0.1, 0.15) is 11.4 Å². The Bertz CT molecular complexity index is 917. The lowest BCUT2D eigenvalue weighted by Crippen LogP contribution is -2.29. The summed E-state index contributed by atoms with van der Waals surface area (Å²) in [4.78, 5) is 24.4. The number of amides is 2. The summed E-state index contributed by atoms with van der Waals surface area (Å²) in [6, 6.07) is 16.5. The van der Waals surface area contributed by atoms with Crippen LogP contribution in [0.1, 0.15) is 11.3 Å². The lowest BCUT2D eigenvalue weighted by molar-refractivity contribution is -0.133. The zero-order chi connectivity index (χ0) is 17.8. The smallest absolute Gasteiger partial charge is 0.314 e. The van der Waals surface area contributed by atoms with E-state index in [-0.39, 0.29) is 0 Å². The molecule has 2 N–H and O–H groups in total. The van der Waals surface area contributed by atoms with Crippen LogP contribution in [0.5, 0.6) is 0 Å². The number of hydrogen-bond donors (Lipinski definition) is 2. The van der Waals surface area contributed by atoms with Crippen molar-refractivity contribution in [1.82, 2.24) is 5.16 Å². The second-order valence-corrected chi connectivity index (χ2v) is 5.62. The van der Waals surface area contributed by atoms with Crippen molar-refractivity contribution in [2.75, 3.05) is 10.6 Å². The maximum atomic E-state index is 12.2. The molecule has 0 unspecified atom stereocenters. The molecule has 6 nitrogen and oxygen atoms in total. The number of hydrogen-bond acceptors (Lipinski definition) is 4. The van der Waals surface area contributed by atoms with Gasteiger partial charge in [0.05, 0.1) is 0 Å². The molecule has 2 aromatic carbocycles. The van der Waals surface area contributed by atoms with Crippen LogP contribution in [0.15, 0.2) is 59.1 Å². The van der Waals surface area contributed by atoms with Gasteiger partial charge in [0.15, 0.2) is 5.76 Å². The molecule has 0 aliphatic heterocycles. The fourth-order valence-corrected chi connectivity index (χ4v) is 2.38. The maximum Gasteiger partial charge on any atom is 0.314 e. The quantitative estimate of drug-likeness (QED) is 0.717. The lowest BCUT2D eigenvalue weighted by atomic mass is 10.1. The first-order chi connectivity index (χ1) is 12.0. The molecule has 0 saturated carbocycles. The van der Waals surface area contributed by atoms with Gasteiger partial charge in [-0.15, -0.1) is 0 Å². The van der Waals surface area contributed by atoms with Gasteiger partial charge in [-0.05, 0) is 31.5 Å². The number of carbonyl (C=O) groups excluding carboxylic acids is 2. The molecule has 3 aromatic rings. The van der Waals surface area contributed by atoms with E-state index < -0.39 is 11.8 Å². The highest BCUT2D eigenvalue weighted by Crippen LogP contribution is 2.30. The molecule has 1 aromatic heterocycles. The van der Waals surface area contributed by atoms with Crippen LogP contribution in [-0.2, 0) is 9.59 Å². The minimum absolute atomic E-state index is 0.385. The third kappa shape index (κ3) is 3.74. The Balaban J connectivity index is 1.77. The molecule has 3 rings (SSSR count). The molecule has 0 fully saturated rings. The second-order valence-electron chi connectivity index (χ2n) is 5.62. The van der Waals surface area contributed by atoms with E-state index in [4.69, 9.17) is 4.52 Å². The summed E-state index contributed by atoms with van der Waals surface area (Å²) in [7, 11) is 0. The molecule has 1 heterocycles. The van der Waals surface area contributed by atoms with Gasteiger partial charge in [0.2, 0.25) is 0 Å². The van der Waals surface area contributed by atoms with Crippen LogP contribution in [0.2, 0.25) is 0 Å². The van der Waals surface area contributed by atoms with Crippen LogP contribution in [0.3, 0.4) is 0 Å². The number of anilines is 2. The predicted molar refractivity (Wildman–Crippen MR) is 95.1 cm³/mol. The largest absolute Gasteiger partial charge is 0.354 e. The highest BCUT2D eigenvalue weighted by atomic mass is 16.5. The fourth-order valence-electron chi connectivity index (χ4n) is 2.38. The van der Waals surface area contributed by atoms with Crippen LogP contribution >= 0.6 is 0 Å². The molecule has 0 aliphatic rings. The number of rotatable bonds is 3. The summed E-state index contributed by atoms with van der Waals surface area (Å²) in [6.07, 6.45) is 0. The molecule has 0 spiro atoms. The summed E-state index contributed by atoms with van der Waals surface area (Å²) in [6.45, 7) is 3.60. The number of nitrogens with one attached hydrogen (secondary N) is 2. The van der Waals surface area contributed by atoms with E-state index in [0.717, 1.165) is 11.1 Å². The van der Waals surface area contributed by atoms with E-state index in [1.165, 1.54) is 0 Å². The number of nitrogens with zero attached hydrogens (tertiary/aromatic N) is 1. The van der Waals surface area contributed by atoms with Crippen LogP contribution < -0.4 is 10.6 Å². The van der Waals surface area contributed by atoms with E-state index in [1.807, 2.05) is 43.3 Å². The van der Waals surface area contributed by atoms with E-state index in [9.17, 15) is 9.59 Å². The molecule has 0 bridgehead atoms.